The Morgan fingerprint density at radius 3 is 2.13 bits per heavy atom. The Morgan fingerprint density at radius 1 is 1.00 bits per heavy atom. The van der Waals surface area contributed by atoms with Crippen LogP contribution in [0.15, 0.2) is 0 Å². The number of nitrogens with one attached hydrogen (secondary N) is 1. The van der Waals surface area contributed by atoms with Crippen LogP contribution in [-0.2, 0) is 0 Å². The molecule has 1 nitrogen and oxygen atoms in total. The van der Waals surface area contributed by atoms with Crippen LogP contribution in [0.2, 0.25) is 0 Å². The summed E-state index contributed by atoms with van der Waals surface area (Å²) in [7, 11) is 0. The highest BCUT2D eigenvalue weighted by atomic mass is 14.9. The van der Waals surface area contributed by atoms with Crippen LogP contribution in [0.3, 0.4) is 0 Å². The summed E-state index contributed by atoms with van der Waals surface area (Å²) in [5.74, 6) is 0.981. The molecule has 0 atom stereocenters. The molecular weight excluding hydrogens is 182 g/mol. The maximum atomic E-state index is 3.79. The average molecular weight is 211 g/mol. The molecule has 1 heteroatoms. The summed E-state index contributed by atoms with van der Waals surface area (Å²) in [6, 6.07) is 0.793. The lowest BCUT2D eigenvalue weighted by atomic mass is 9.89. The van der Waals surface area contributed by atoms with Crippen molar-refractivity contribution in [2.75, 3.05) is 6.54 Å². The molecule has 0 aromatic carbocycles. The number of rotatable bonds is 7. The molecule has 90 valence electrons. The summed E-state index contributed by atoms with van der Waals surface area (Å²) >= 11 is 0. The van der Waals surface area contributed by atoms with Gasteiger partial charge in [0.05, 0.1) is 0 Å². The van der Waals surface area contributed by atoms with Crippen molar-refractivity contribution in [1.82, 2.24) is 5.32 Å². The first kappa shape index (κ1) is 13.0. The second-order valence-electron chi connectivity index (χ2n) is 5.19. The van der Waals surface area contributed by atoms with E-state index < -0.39 is 0 Å². The predicted molar refractivity (Wildman–Crippen MR) is 68.2 cm³/mol. The molecule has 0 radical (unpaired) electrons. The molecule has 1 saturated carbocycles. The lowest BCUT2D eigenvalue weighted by Crippen LogP contribution is -2.34. The van der Waals surface area contributed by atoms with Crippen LogP contribution in [0, 0.1) is 5.92 Å². The Bertz CT molecular complexity index is 132. The zero-order chi connectivity index (χ0) is 10.9. The third kappa shape index (κ3) is 5.55. The van der Waals surface area contributed by atoms with Gasteiger partial charge in [-0.25, -0.2) is 0 Å². The fourth-order valence-electron chi connectivity index (χ4n) is 2.77. The first-order valence-electron chi connectivity index (χ1n) is 7.10. The summed E-state index contributed by atoms with van der Waals surface area (Å²) in [5, 5.41) is 3.79. The third-order valence-corrected chi connectivity index (χ3v) is 3.69. The molecule has 1 rings (SSSR count). The van der Waals surface area contributed by atoms with Gasteiger partial charge in [0.25, 0.3) is 0 Å². The van der Waals surface area contributed by atoms with Gasteiger partial charge in [-0.05, 0) is 38.1 Å². The van der Waals surface area contributed by atoms with Gasteiger partial charge in [-0.15, -0.1) is 0 Å². The molecule has 0 aromatic rings. The zero-order valence-electron chi connectivity index (χ0n) is 10.7. The summed E-state index contributed by atoms with van der Waals surface area (Å²) in [4.78, 5) is 0. The molecule has 15 heavy (non-hydrogen) atoms. The third-order valence-electron chi connectivity index (χ3n) is 3.69. The maximum Gasteiger partial charge on any atom is 0.00669 e. The minimum Gasteiger partial charge on any atom is -0.314 e. The van der Waals surface area contributed by atoms with Crippen molar-refractivity contribution in [3.8, 4) is 0 Å². The van der Waals surface area contributed by atoms with Crippen molar-refractivity contribution in [3.63, 3.8) is 0 Å². The standard InChI is InChI=1S/C14H29N/c1-3-8-14(9-4-2)15-12-13-10-6-5-7-11-13/h13-15H,3-12H2,1-2H3. The molecular formula is C14H29N. The van der Waals surface area contributed by atoms with Crippen LogP contribution in [-0.4, -0.2) is 12.6 Å². The van der Waals surface area contributed by atoms with Gasteiger partial charge in [-0.1, -0.05) is 46.0 Å². The molecule has 0 saturated heterocycles. The van der Waals surface area contributed by atoms with Crippen molar-refractivity contribution < 1.29 is 0 Å². The lowest BCUT2D eigenvalue weighted by Gasteiger charge is -2.25. The highest BCUT2D eigenvalue weighted by Gasteiger charge is 2.14. The van der Waals surface area contributed by atoms with Gasteiger partial charge in [0.2, 0.25) is 0 Å². The molecule has 0 aliphatic heterocycles. The SMILES string of the molecule is CCCC(CCC)NCC1CCCCC1. The lowest BCUT2D eigenvalue weighted by molar-refractivity contribution is 0.316. The van der Waals surface area contributed by atoms with E-state index in [9.17, 15) is 0 Å². The minimum atomic E-state index is 0.793. The molecule has 0 spiro atoms. The van der Waals surface area contributed by atoms with E-state index in [-0.39, 0.29) is 0 Å². The van der Waals surface area contributed by atoms with E-state index in [1.165, 1.54) is 64.3 Å². The minimum absolute atomic E-state index is 0.793. The van der Waals surface area contributed by atoms with Gasteiger partial charge >= 0.3 is 0 Å². The van der Waals surface area contributed by atoms with Gasteiger partial charge in [0, 0.05) is 6.04 Å². The first-order valence-corrected chi connectivity index (χ1v) is 7.10. The van der Waals surface area contributed by atoms with Crippen molar-refractivity contribution in [2.24, 2.45) is 5.92 Å². The molecule has 1 fully saturated rings. The van der Waals surface area contributed by atoms with Gasteiger partial charge in [-0.3, -0.25) is 0 Å². The Hall–Kier alpha value is -0.0400. The molecule has 1 N–H and O–H groups in total. The first-order chi connectivity index (χ1) is 7.36. The van der Waals surface area contributed by atoms with Crippen molar-refractivity contribution in [2.45, 2.75) is 77.7 Å². The monoisotopic (exact) mass is 211 g/mol. The Morgan fingerprint density at radius 2 is 1.60 bits per heavy atom. The Kier molecular flexibility index (Phi) is 7.08. The number of hydrogen-bond donors (Lipinski definition) is 1. The van der Waals surface area contributed by atoms with Gasteiger partial charge in [0.1, 0.15) is 0 Å². The van der Waals surface area contributed by atoms with Crippen molar-refractivity contribution in [3.05, 3.63) is 0 Å². The van der Waals surface area contributed by atoms with Crippen LogP contribution in [0.5, 0.6) is 0 Å². The normalized spacial score (nSPS) is 18.6. The fraction of sp³-hybridized carbons (Fsp3) is 1.00. The van der Waals surface area contributed by atoms with E-state index in [0.29, 0.717) is 0 Å². The van der Waals surface area contributed by atoms with Crippen LogP contribution in [0.4, 0.5) is 0 Å². The quantitative estimate of drug-likeness (QED) is 0.668. The van der Waals surface area contributed by atoms with E-state index in [1.807, 2.05) is 0 Å². The summed E-state index contributed by atoms with van der Waals surface area (Å²) in [6.45, 7) is 5.88. The summed E-state index contributed by atoms with van der Waals surface area (Å²) < 4.78 is 0. The molecule has 0 unspecified atom stereocenters. The van der Waals surface area contributed by atoms with Gasteiger partial charge in [0.15, 0.2) is 0 Å². The smallest absolute Gasteiger partial charge is 0.00669 e. The highest BCUT2D eigenvalue weighted by Crippen LogP contribution is 2.23. The highest BCUT2D eigenvalue weighted by molar-refractivity contribution is 4.72. The van der Waals surface area contributed by atoms with Gasteiger partial charge < -0.3 is 5.32 Å². The van der Waals surface area contributed by atoms with Gasteiger partial charge in [-0.2, -0.15) is 0 Å². The second kappa shape index (κ2) is 8.15. The molecule has 1 aliphatic carbocycles. The molecule has 0 aromatic heterocycles. The van der Waals surface area contributed by atoms with Crippen LogP contribution >= 0.6 is 0 Å². The van der Waals surface area contributed by atoms with E-state index in [2.05, 4.69) is 19.2 Å². The summed E-state index contributed by atoms with van der Waals surface area (Å²) in [5.41, 5.74) is 0. The summed E-state index contributed by atoms with van der Waals surface area (Å²) in [6.07, 6.45) is 12.7. The largest absolute Gasteiger partial charge is 0.314 e. The van der Waals surface area contributed by atoms with E-state index in [4.69, 9.17) is 0 Å². The van der Waals surface area contributed by atoms with E-state index in [1.54, 1.807) is 0 Å². The fourth-order valence-corrected chi connectivity index (χ4v) is 2.77. The molecule has 0 amide bonds. The Balaban J connectivity index is 2.13. The van der Waals surface area contributed by atoms with Crippen LogP contribution in [0.25, 0.3) is 0 Å². The molecule has 0 heterocycles. The van der Waals surface area contributed by atoms with Crippen LogP contribution in [0.1, 0.15) is 71.6 Å². The second-order valence-corrected chi connectivity index (χ2v) is 5.19. The van der Waals surface area contributed by atoms with Crippen LogP contribution < -0.4 is 5.32 Å². The van der Waals surface area contributed by atoms with Crippen molar-refractivity contribution in [1.29, 1.82) is 0 Å². The zero-order valence-corrected chi connectivity index (χ0v) is 10.7. The van der Waals surface area contributed by atoms with E-state index >= 15 is 0 Å². The van der Waals surface area contributed by atoms with E-state index in [0.717, 1.165) is 12.0 Å². The topological polar surface area (TPSA) is 12.0 Å². The maximum absolute atomic E-state index is 3.79. The predicted octanol–water partition coefficient (Wildman–Crippen LogP) is 4.13. The number of hydrogen-bond acceptors (Lipinski definition) is 1. The average Bonchev–Trinajstić information content (AvgIpc) is 2.28. The Labute approximate surface area is 96.0 Å². The van der Waals surface area contributed by atoms with Crippen molar-refractivity contribution >= 4 is 0 Å². The molecule has 1 aliphatic rings. The molecule has 0 bridgehead atoms.